The molecule has 0 aliphatic rings. The first-order valence-electron chi connectivity index (χ1n) is 12.4. The van der Waals surface area contributed by atoms with Gasteiger partial charge in [0.25, 0.3) is 5.56 Å². The summed E-state index contributed by atoms with van der Waals surface area (Å²) in [6, 6.07) is 0. The van der Waals surface area contributed by atoms with Crippen molar-refractivity contribution in [3.63, 3.8) is 0 Å². The molecule has 0 aliphatic carbocycles. The fraction of sp³-hybridized carbons (Fsp3) is 0.792. The van der Waals surface area contributed by atoms with Crippen molar-refractivity contribution in [2.45, 2.75) is 115 Å². The van der Waals surface area contributed by atoms with Crippen molar-refractivity contribution in [1.29, 1.82) is 0 Å². The molecule has 2 heterocycles. The van der Waals surface area contributed by atoms with E-state index in [9.17, 15) is 9.59 Å². The quantitative estimate of drug-likeness (QED) is 0.236. The van der Waals surface area contributed by atoms with Crippen LogP contribution in [0.3, 0.4) is 0 Å². The Morgan fingerprint density at radius 1 is 0.806 bits per heavy atom. The second kappa shape index (κ2) is 14.5. The molecule has 7 heteroatoms. The number of thioether (sulfide) groups is 1. The molecule has 0 amide bonds. The van der Waals surface area contributed by atoms with Crippen LogP contribution in [-0.4, -0.2) is 24.9 Å². The first-order valence-corrected chi connectivity index (χ1v) is 13.4. The van der Waals surface area contributed by atoms with Gasteiger partial charge in [-0.15, -0.1) is 0 Å². The number of nitrogens with one attached hydrogen (secondary N) is 1. The molecule has 0 aliphatic heterocycles. The van der Waals surface area contributed by atoms with E-state index in [4.69, 9.17) is 4.98 Å². The standard InChI is InChI=1S/C24H42N4O2S/c1-4-6-8-10-12-13-14-16-18-28-20-21(27(3)23(30)26-22(20)29)25-24(28)31-19-17-15-11-9-7-5-2/h4-19H2,1-3H3,(H,26,29,30). The minimum absolute atomic E-state index is 0.323. The third-order valence-electron chi connectivity index (χ3n) is 5.94. The van der Waals surface area contributed by atoms with E-state index in [0.717, 1.165) is 36.7 Å². The number of aromatic amines is 1. The Balaban J connectivity index is 1.98. The van der Waals surface area contributed by atoms with E-state index in [1.807, 2.05) is 4.57 Å². The molecular formula is C24H42N4O2S. The Morgan fingerprint density at radius 3 is 1.97 bits per heavy atom. The van der Waals surface area contributed by atoms with Gasteiger partial charge >= 0.3 is 5.69 Å². The number of rotatable bonds is 17. The molecule has 31 heavy (non-hydrogen) atoms. The molecule has 2 aromatic heterocycles. The zero-order chi connectivity index (χ0) is 22.5. The molecule has 176 valence electrons. The van der Waals surface area contributed by atoms with Crippen LogP contribution >= 0.6 is 11.8 Å². The number of aryl methyl sites for hydroxylation is 2. The monoisotopic (exact) mass is 450 g/mol. The van der Waals surface area contributed by atoms with Gasteiger partial charge in [0, 0.05) is 19.3 Å². The summed E-state index contributed by atoms with van der Waals surface area (Å²) >= 11 is 1.72. The zero-order valence-corrected chi connectivity index (χ0v) is 20.7. The number of H-pyrrole nitrogens is 1. The summed E-state index contributed by atoms with van der Waals surface area (Å²) in [6.07, 6.45) is 17.6. The third kappa shape index (κ3) is 8.17. The van der Waals surface area contributed by atoms with Crippen LogP contribution in [0.5, 0.6) is 0 Å². The van der Waals surface area contributed by atoms with E-state index in [2.05, 4.69) is 18.8 Å². The van der Waals surface area contributed by atoms with Gasteiger partial charge in [-0.1, -0.05) is 103 Å². The zero-order valence-electron chi connectivity index (χ0n) is 19.9. The average Bonchev–Trinajstić information content (AvgIpc) is 3.12. The second-order valence-electron chi connectivity index (χ2n) is 8.63. The molecule has 0 saturated heterocycles. The highest BCUT2D eigenvalue weighted by Gasteiger charge is 2.17. The van der Waals surface area contributed by atoms with Crippen molar-refractivity contribution in [2.24, 2.45) is 7.05 Å². The molecular weight excluding hydrogens is 408 g/mol. The molecule has 6 nitrogen and oxygen atoms in total. The number of hydrogen-bond acceptors (Lipinski definition) is 4. The van der Waals surface area contributed by atoms with Gasteiger partial charge in [0.1, 0.15) is 0 Å². The fourth-order valence-electron chi connectivity index (χ4n) is 3.98. The van der Waals surface area contributed by atoms with Gasteiger partial charge in [-0.25, -0.2) is 9.78 Å². The number of nitrogens with zero attached hydrogens (tertiary/aromatic N) is 3. The largest absolute Gasteiger partial charge is 0.329 e. The summed E-state index contributed by atoms with van der Waals surface area (Å²) in [6.45, 7) is 5.27. The van der Waals surface area contributed by atoms with Crippen LogP contribution in [0.2, 0.25) is 0 Å². The minimum Gasteiger partial charge on any atom is -0.313 e. The van der Waals surface area contributed by atoms with Gasteiger partial charge in [0.05, 0.1) is 0 Å². The Bertz CT molecular complexity index is 884. The van der Waals surface area contributed by atoms with Crippen LogP contribution in [0, 0.1) is 0 Å². The van der Waals surface area contributed by atoms with Crippen molar-refractivity contribution < 1.29 is 0 Å². The van der Waals surface area contributed by atoms with Crippen LogP contribution in [0.1, 0.15) is 104 Å². The summed E-state index contributed by atoms with van der Waals surface area (Å²) in [4.78, 5) is 31.7. The van der Waals surface area contributed by atoms with Gasteiger partial charge < -0.3 is 4.57 Å². The van der Waals surface area contributed by atoms with Crippen molar-refractivity contribution >= 4 is 22.9 Å². The minimum atomic E-state index is -0.401. The number of aromatic nitrogens is 4. The highest BCUT2D eigenvalue weighted by molar-refractivity contribution is 7.99. The van der Waals surface area contributed by atoms with Crippen molar-refractivity contribution in [1.82, 2.24) is 19.1 Å². The van der Waals surface area contributed by atoms with E-state index >= 15 is 0 Å². The Morgan fingerprint density at radius 2 is 1.35 bits per heavy atom. The molecule has 2 aromatic rings. The first kappa shape index (κ1) is 25.8. The molecule has 0 spiro atoms. The van der Waals surface area contributed by atoms with Gasteiger partial charge in [-0.3, -0.25) is 14.3 Å². The highest BCUT2D eigenvalue weighted by atomic mass is 32.2. The lowest BCUT2D eigenvalue weighted by Gasteiger charge is -2.09. The Hall–Kier alpha value is -1.50. The van der Waals surface area contributed by atoms with E-state index in [1.54, 1.807) is 18.8 Å². The third-order valence-corrected chi connectivity index (χ3v) is 7.00. The number of fused-ring (bicyclic) bond motifs is 1. The predicted molar refractivity (Wildman–Crippen MR) is 132 cm³/mol. The van der Waals surface area contributed by atoms with Crippen molar-refractivity contribution in [3.8, 4) is 0 Å². The number of unbranched alkanes of at least 4 members (excludes halogenated alkanes) is 12. The lowest BCUT2D eigenvalue weighted by Crippen LogP contribution is -2.29. The molecule has 0 saturated carbocycles. The molecule has 0 radical (unpaired) electrons. The number of imidazole rings is 1. The maximum atomic E-state index is 12.6. The van der Waals surface area contributed by atoms with E-state index < -0.39 is 5.69 Å². The van der Waals surface area contributed by atoms with Crippen molar-refractivity contribution in [3.05, 3.63) is 20.8 Å². The average molecular weight is 451 g/mol. The molecule has 0 aromatic carbocycles. The molecule has 2 rings (SSSR count). The highest BCUT2D eigenvalue weighted by Crippen LogP contribution is 2.24. The predicted octanol–water partition coefficient (Wildman–Crippen LogP) is 6.02. The van der Waals surface area contributed by atoms with Crippen LogP contribution in [0.25, 0.3) is 11.2 Å². The SMILES string of the molecule is CCCCCCCCCCn1c(SCCCCCCCC)nc2c1c(=O)[nH]c(=O)n2C. The summed E-state index contributed by atoms with van der Waals surface area (Å²) < 4.78 is 3.50. The lowest BCUT2D eigenvalue weighted by atomic mass is 10.1. The van der Waals surface area contributed by atoms with Crippen molar-refractivity contribution in [2.75, 3.05) is 5.75 Å². The summed E-state index contributed by atoms with van der Waals surface area (Å²) in [5, 5.41) is 0.873. The Labute approximate surface area is 191 Å². The topological polar surface area (TPSA) is 72.7 Å². The fourth-order valence-corrected chi connectivity index (χ4v) is 5.00. The maximum Gasteiger partial charge on any atom is 0.329 e. The van der Waals surface area contributed by atoms with Crippen LogP contribution < -0.4 is 11.2 Å². The lowest BCUT2D eigenvalue weighted by molar-refractivity contribution is 0.533. The van der Waals surface area contributed by atoms with Crippen LogP contribution in [0.4, 0.5) is 0 Å². The molecule has 0 unspecified atom stereocenters. The summed E-state index contributed by atoms with van der Waals surface area (Å²) in [5.41, 5.74) is 0.313. The Kier molecular flexibility index (Phi) is 12.1. The smallest absolute Gasteiger partial charge is 0.313 e. The maximum absolute atomic E-state index is 12.6. The summed E-state index contributed by atoms with van der Waals surface area (Å²) in [7, 11) is 1.68. The van der Waals surface area contributed by atoms with Gasteiger partial charge in [-0.05, 0) is 12.8 Å². The summed E-state index contributed by atoms with van der Waals surface area (Å²) in [5.74, 6) is 0.999. The molecule has 0 fully saturated rings. The van der Waals surface area contributed by atoms with Crippen LogP contribution in [-0.2, 0) is 13.6 Å². The van der Waals surface area contributed by atoms with Gasteiger partial charge in [-0.2, -0.15) is 0 Å². The normalized spacial score (nSPS) is 11.6. The molecule has 0 atom stereocenters. The first-order chi connectivity index (χ1) is 15.1. The van der Waals surface area contributed by atoms with E-state index in [0.29, 0.717) is 11.2 Å². The second-order valence-corrected chi connectivity index (χ2v) is 9.69. The molecule has 0 bridgehead atoms. The van der Waals surface area contributed by atoms with Gasteiger partial charge in [0.15, 0.2) is 16.3 Å². The number of hydrogen-bond donors (Lipinski definition) is 1. The molecule has 1 N–H and O–H groups in total. The van der Waals surface area contributed by atoms with Crippen LogP contribution in [0.15, 0.2) is 14.7 Å². The van der Waals surface area contributed by atoms with Gasteiger partial charge in [0.2, 0.25) is 0 Å². The van der Waals surface area contributed by atoms with E-state index in [-0.39, 0.29) is 5.56 Å². The van der Waals surface area contributed by atoms with E-state index in [1.165, 1.54) is 75.2 Å².